The molecule has 1 aliphatic rings. The number of hydrogen-bond acceptors (Lipinski definition) is 2. The smallest absolute Gasteiger partial charge is 0.253 e. The lowest BCUT2D eigenvalue weighted by Crippen LogP contribution is -2.43. The van der Waals surface area contributed by atoms with Gasteiger partial charge in [0.25, 0.3) is 5.91 Å². The van der Waals surface area contributed by atoms with E-state index in [4.69, 9.17) is 11.6 Å². The summed E-state index contributed by atoms with van der Waals surface area (Å²) in [6, 6.07) is 3.70. The molecule has 1 N–H and O–H groups in total. The molecule has 80 valence electrons. The number of carbonyl (C=O) groups excluding carboxylic acids is 1. The minimum atomic E-state index is -0.290. The van der Waals surface area contributed by atoms with Gasteiger partial charge in [0.15, 0.2) is 0 Å². The lowest BCUT2D eigenvalue weighted by Gasteiger charge is -2.32. The summed E-state index contributed by atoms with van der Waals surface area (Å²) in [4.78, 5) is 12.4. The molecule has 2 nitrogen and oxygen atoms in total. The Hall–Kier alpha value is -0.670. The Morgan fingerprint density at radius 2 is 2.07 bits per heavy atom. The van der Waals surface area contributed by atoms with Gasteiger partial charge in [-0.15, -0.1) is 0 Å². The molecule has 0 saturated heterocycles. The highest BCUT2D eigenvalue weighted by Crippen LogP contribution is 2.42. The van der Waals surface area contributed by atoms with Crippen molar-refractivity contribution in [3.05, 3.63) is 28.3 Å². The third-order valence-electron chi connectivity index (χ3n) is 2.31. The number of aryl methyl sites for hydroxylation is 1. The molecule has 0 atom stereocenters. The number of amides is 1. The highest BCUT2D eigenvalue weighted by molar-refractivity contribution is 8.00. The van der Waals surface area contributed by atoms with Crippen LogP contribution in [-0.2, 0) is 0 Å². The van der Waals surface area contributed by atoms with Gasteiger partial charge in [0.05, 0.1) is 15.5 Å². The van der Waals surface area contributed by atoms with Crippen LogP contribution < -0.4 is 5.32 Å². The van der Waals surface area contributed by atoms with Crippen molar-refractivity contribution in [1.82, 2.24) is 5.32 Å². The van der Waals surface area contributed by atoms with Crippen LogP contribution in [-0.4, -0.2) is 10.8 Å². The van der Waals surface area contributed by atoms with Gasteiger partial charge in [-0.1, -0.05) is 29.4 Å². The first kappa shape index (κ1) is 10.8. The molecule has 2 rings (SSSR count). The lowest BCUT2D eigenvalue weighted by atomic mass is 10.1. The molecule has 15 heavy (non-hydrogen) atoms. The quantitative estimate of drug-likeness (QED) is 0.756. The number of carbonyl (C=O) groups is 1. The number of hydrogen-bond donors (Lipinski definition) is 1. The van der Waals surface area contributed by atoms with Gasteiger partial charge in [0.2, 0.25) is 0 Å². The predicted octanol–water partition coefficient (Wildman–Crippen LogP) is 3.22. The molecule has 1 heterocycles. The second kappa shape index (κ2) is 3.42. The molecule has 0 saturated carbocycles. The molecule has 0 bridgehead atoms. The first-order valence-electron chi connectivity index (χ1n) is 4.71. The monoisotopic (exact) mass is 241 g/mol. The number of rotatable bonds is 0. The Kier molecular flexibility index (Phi) is 2.47. The molecule has 1 aromatic rings. The Bertz CT molecular complexity index is 442. The number of nitrogens with one attached hydrogen (secondary N) is 1. The van der Waals surface area contributed by atoms with Gasteiger partial charge in [-0.05, 0) is 32.4 Å². The van der Waals surface area contributed by atoms with Crippen LogP contribution in [0.2, 0.25) is 5.02 Å². The van der Waals surface area contributed by atoms with E-state index in [0.29, 0.717) is 10.6 Å². The standard InChI is InChI=1S/C11H12ClNOS/c1-6-4-5-7-9(8(6)12)15-11(2,3)13-10(7)14/h4-5H,1-3H3,(H,13,14). The van der Waals surface area contributed by atoms with Crippen molar-refractivity contribution < 1.29 is 4.79 Å². The van der Waals surface area contributed by atoms with Gasteiger partial charge in [-0.3, -0.25) is 4.79 Å². The number of fused-ring (bicyclic) bond motifs is 1. The molecular formula is C11H12ClNOS. The second-order valence-electron chi connectivity index (χ2n) is 4.14. The van der Waals surface area contributed by atoms with Crippen molar-refractivity contribution in [3.8, 4) is 0 Å². The topological polar surface area (TPSA) is 29.1 Å². The second-order valence-corrected chi connectivity index (χ2v) is 6.15. The number of benzene rings is 1. The lowest BCUT2D eigenvalue weighted by molar-refractivity contribution is 0.0929. The molecule has 0 fully saturated rings. The van der Waals surface area contributed by atoms with Gasteiger partial charge in [-0.2, -0.15) is 0 Å². The third-order valence-corrected chi connectivity index (χ3v) is 4.15. The predicted molar refractivity (Wildman–Crippen MR) is 63.6 cm³/mol. The van der Waals surface area contributed by atoms with Crippen LogP contribution in [0.25, 0.3) is 0 Å². The van der Waals surface area contributed by atoms with Crippen LogP contribution in [0.1, 0.15) is 29.8 Å². The molecular weight excluding hydrogens is 230 g/mol. The fraction of sp³-hybridized carbons (Fsp3) is 0.364. The maximum atomic E-state index is 11.8. The van der Waals surface area contributed by atoms with Crippen molar-refractivity contribution >= 4 is 29.3 Å². The molecule has 1 amide bonds. The number of halogens is 1. The minimum absolute atomic E-state index is 0.0457. The van der Waals surface area contributed by atoms with Crippen LogP contribution in [0.15, 0.2) is 17.0 Å². The fourth-order valence-corrected chi connectivity index (χ4v) is 3.01. The van der Waals surface area contributed by atoms with Gasteiger partial charge < -0.3 is 5.32 Å². The van der Waals surface area contributed by atoms with Gasteiger partial charge in [0, 0.05) is 4.90 Å². The summed E-state index contributed by atoms with van der Waals surface area (Å²) >= 11 is 7.80. The van der Waals surface area contributed by atoms with Crippen molar-refractivity contribution in [2.75, 3.05) is 0 Å². The van der Waals surface area contributed by atoms with Crippen molar-refractivity contribution in [2.45, 2.75) is 30.5 Å². The summed E-state index contributed by atoms with van der Waals surface area (Å²) < 4.78 is 0. The van der Waals surface area contributed by atoms with Gasteiger partial charge in [0.1, 0.15) is 0 Å². The van der Waals surface area contributed by atoms with E-state index in [0.717, 1.165) is 10.5 Å². The van der Waals surface area contributed by atoms with E-state index >= 15 is 0 Å². The highest BCUT2D eigenvalue weighted by atomic mass is 35.5. The molecule has 1 aliphatic heterocycles. The maximum absolute atomic E-state index is 11.8. The Morgan fingerprint density at radius 1 is 1.40 bits per heavy atom. The Labute approximate surface area is 98.4 Å². The Morgan fingerprint density at radius 3 is 2.73 bits per heavy atom. The van der Waals surface area contributed by atoms with Crippen LogP contribution >= 0.6 is 23.4 Å². The molecule has 0 aliphatic carbocycles. The zero-order chi connectivity index (χ0) is 11.2. The van der Waals surface area contributed by atoms with Crippen molar-refractivity contribution in [2.24, 2.45) is 0 Å². The first-order chi connectivity index (χ1) is 6.91. The normalized spacial score (nSPS) is 18.3. The molecule has 0 unspecified atom stereocenters. The summed E-state index contributed by atoms with van der Waals surface area (Å²) in [5, 5.41) is 3.62. The highest BCUT2D eigenvalue weighted by Gasteiger charge is 2.32. The van der Waals surface area contributed by atoms with E-state index in [9.17, 15) is 4.79 Å². The van der Waals surface area contributed by atoms with Crippen LogP contribution in [0.5, 0.6) is 0 Å². The molecule has 0 spiro atoms. The molecule has 4 heteroatoms. The van der Waals surface area contributed by atoms with E-state index in [2.05, 4.69) is 5.32 Å². The van der Waals surface area contributed by atoms with Gasteiger partial charge in [-0.25, -0.2) is 0 Å². The minimum Gasteiger partial charge on any atom is -0.338 e. The van der Waals surface area contributed by atoms with Crippen molar-refractivity contribution in [3.63, 3.8) is 0 Å². The summed E-state index contributed by atoms with van der Waals surface area (Å²) in [5.41, 5.74) is 1.68. The van der Waals surface area contributed by atoms with E-state index in [1.54, 1.807) is 11.8 Å². The number of thioether (sulfide) groups is 1. The zero-order valence-corrected chi connectivity index (χ0v) is 10.4. The summed E-state index contributed by atoms with van der Waals surface area (Å²) in [7, 11) is 0. The van der Waals surface area contributed by atoms with Crippen LogP contribution in [0, 0.1) is 6.92 Å². The summed E-state index contributed by atoms with van der Waals surface area (Å²) in [6.07, 6.45) is 0. The fourth-order valence-electron chi connectivity index (χ4n) is 1.55. The largest absolute Gasteiger partial charge is 0.338 e. The summed E-state index contributed by atoms with van der Waals surface area (Å²) in [6.45, 7) is 5.89. The first-order valence-corrected chi connectivity index (χ1v) is 5.91. The molecule has 0 radical (unpaired) electrons. The van der Waals surface area contributed by atoms with E-state index in [1.807, 2.05) is 32.9 Å². The third kappa shape index (κ3) is 1.86. The van der Waals surface area contributed by atoms with Crippen LogP contribution in [0.3, 0.4) is 0 Å². The average molecular weight is 242 g/mol. The molecule has 0 aromatic heterocycles. The van der Waals surface area contributed by atoms with Crippen molar-refractivity contribution in [1.29, 1.82) is 0 Å². The van der Waals surface area contributed by atoms with E-state index in [-0.39, 0.29) is 10.8 Å². The zero-order valence-electron chi connectivity index (χ0n) is 8.85. The summed E-state index contributed by atoms with van der Waals surface area (Å²) in [5.74, 6) is -0.0457. The SMILES string of the molecule is Cc1ccc2c(c1Cl)SC(C)(C)NC2=O. The maximum Gasteiger partial charge on any atom is 0.253 e. The van der Waals surface area contributed by atoms with E-state index in [1.165, 1.54) is 0 Å². The van der Waals surface area contributed by atoms with E-state index < -0.39 is 0 Å². The van der Waals surface area contributed by atoms with Gasteiger partial charge >= 0.3 is 0 Å². The van der Waals surface area contributed by atoms with Crippen LogP contribution in [0.4, 0.5) is 0 Å². The molecule has 1 aromatic carbocycles. The Balaban J connectivity index is 2.61. The average Bonchev–Trinajstić information content (AvgIpc) is 2.10.